The van der Waals surface area contributed by atoms with Crippen LogP contribution in [0.15, 0.2) is 24.5 Å². The number of carboxylic acid groups (broad SMARTS) is 1. The Morgan fingerprint density at radius 2 is 2.20 bits per heavy atom. The summed E-state index contributed by atoms with van der Waals surface area (Å²) in [6.07, 6.45) is 2.77. The van der Waals surface area contributed by atoms with E-state index in [1.54, 1.807) is 29.1 Å². The van der Waals surface area contributed by atoms with Gasteiger partial charge in [-0.2, -0.15) is 0 Å². The summed E-state index contributed by atoms with van der Waals surface area (Å²) in [6, 6.07) is 4.96. The lowest BCUT2D eigenvalue weighted by Gasteiger charge is -2.07. The maximum atomic E-state index is 11.6. The Kier molecular flexibility index (Phi) is 4.34. The molecular weight excluding hydrogens is 258 g/mol. The predicted molar refractivity (Wildman–Crippen MR) is 74.6 cm³/mol. The fourth-order valence-electron chi connectivity index (χ4n) is 2.04. The van der Waals surface area contributed by atoms with Gasteiger partial charge in [0.15, 0.2) is 0 Å². The van der Waals surface area contributed by atoms with Crippen molar-refractivity contribution in [3.05, 3.63) is 30.1 Å². The van der Waals surface area contributed by atoms with Gasteiger partial charge in [0, 0.05) is 19.5 Å². The van der Waals surface area contributed by atoms with Crippen molar-refractivity contribution >= 4 is 22.9 Å². The van der Waals surface area contributed by atoms with E-state index in [0.717, 1.165) is 6.42 Å². The van der Waals surface area contributed by atoms with Crippen LogP contribution < -0.4 is 5.32 Å². The summed E-state index contributed by atoms with van der Waals surface area (Å²) in [5.41, 5.74) is 1.39. The fourth-order valence-corrected chi connectivity index (χ4v) is 2.04. The van der Waals surface area contributed by atoms with E-state index in [2.05, 4.69) is 10.3 Å². The van der Waals surface area contributed by atoms with E-state index in [-0.39, 0.29) is 11.5 Å². The first-order chi connectivity index (χ1) is 9.63. The quantitative estimate of drug-likeness (QED) is 0.839. The molecule has 0 aliphatic heterocycles. The van der Waals surface area contributed by atoms with Crippen LogP contribution in [0.1, 0.15) is 30.1 Å². The number of amides is 1. The van der Waals surface area contributed by atoms with Gasteiger partial charge >= 0.3 is 5.97 Å². The van der Waals surface area contributed by atoms with Gasteiger partial charge in [-0.15, -0.1) is 0 Å². The fraction of sp³-hybridized carbons (Fsp3) is 0.357. The van der Waals surface area contributed by atoms with E-state index >= 15 is 0 Å². The molecular formula is C14H17N3O3. The standard InChI is InChI=1S/C14H17N3O3/c1-2-7-15-12(18)6-8-17-9-16-11-5-3-4-10(13(11)17)14(19)20/h3-5,9H,2,6-8H2,1H3,(H,15,18)(H,19,20). The van der Waals surface area contributed by atoms with Gasteiger partial charge in [0.2, 0.25) is 5.91 Å². The third-order valence-electron chi connectivity index (χ3n) is 3.02. The molecule has 0 radical (unpaired) electrons. The first kappa shape index (κ1) is 14.0. The molecule has 6 nitrogen and oxygen atoms in total. The molecule has 1 aromatic heterocycles. The molecule has 106 valence electrons. The van der Waals surface area contributed by atoms with Crippen LogP contribution in [0, 0.1) is 0 Å². The molecule has 2 N–H and O–H groups in total. The molecule has 2 aromatic rings. The van der Waals surface area contributed by atoms with E-state index in [0.29, 0.717) is 30.5 Å². The van der Waals surface area contributed by atoms with Crippen molar-refractivity contribution in [3.63, 3.8) is 0 Å². The summed E-state index contributed by atoms with van der Waals surface area (Å²) < 4.78 is 1.71. The molecule has 20 heavy (non-hydrogen) atoms. The summed E-state index contributed by atoms with van der Waals surface area (Å²) in [6.45, 7) is 3.06. The molecule has 0 aliphatic carbocycles. The number of aromatic carboxylic acids is 1. The number of imidazole rings is 1. The molecule has 0 saturated heterocycles. The molecule has 0 atom stereocenters. The highest BCUT2D eigenvalue weighted by atomic mass is 16.4. The average molecular weight is 275 g/mol. The van der Waals surface area contributed by atoms with Gasteiger partial charge in [0.05, 0.1) is 22.9 Å². The highest BCUT2D eigenvalue weighted by Gasteiger charge is 2.13. The van der Waals surface area contributed by atoms with Crippen molar-refractivity contribution in [3.8, 4) is 0 Å². The van der Waals surface area contributed by atoms with Gasteiger partial charge in [-0.1, -0.05) is 13.0 Å². The maximum absolute atomic E-state index is 11.6. The molecule has 0 saturated carbocycles. The zero-order valence-corrected chi connectivity index (χ0v) is 11.3. The molecule has 2 rings (SSSR count). The number of carbonyl (C=O) groups is 2. The van der Waals surface area contributed by atoms with Crippen molar-refractivity contribution < 1.29 is 14.7 Å². The third-order valence-corrected chi connectivity index (χ3v) is 3.02. The molecule has 6 heteroatoms. The summed E-state index contributed by atoms with van der Waals surface area (Å²) in [4.78, 5) is 27.0. The maximum Gasteiger partial charge on any atom is 0.337 e. The number of carboxylic acids is 1. The second kappa shape index (κ2) is 6.18. The van der Waals surface area contributed by atoms with Crippen LogP contribution in [0.2, 0.25) is 0 Å². The van der Waals surface area contributed by atoms with E-state index in [1.807, 2.05) is 6.92 Å². The highest BCUT2D eigenvalue weighted by molar-refractivity contribution is 6.01. The average Bonchev–Trinajstić information content (AvgIpc) is 2.85. The number of carbonyl (C=O) groups excluding carboxylic acids is 1. The predicted octanol–water partition coefficient (Wildman–Crippen LogP) is 1.65. The topological polar surface area (TPSA) is 84.2 Å². The van der Waals surface area contributed by atoms with E-state index in [1.165, 1.54) is 0 Å². The smallest absolute Gasteiger partial charge is 0.337 e. The number of aromatic nitrogens is 2. The first-order valence-electron chi connectivity index (χ1n) is 6.57. The Bertz CT molecular complexity index is 634. The minimum Gasteiger partial charge on any atom is -0.478 e. The van der Waals surface area contributed by atoms with Crippen LogP contribution in [0.5, 0.6) is 0 Å². The number of hydrogen-bond acceptors (Lipinski definition) is 3. The van der Waals surface area contributed by atoms with Gasteiger partial charge in [-0.05, 0) is 18.6 Å². The number of rotatable bonds is 6. The Labute approximate surface area is 116 Å². The molecule has 0 aliphatic rings. The first-order valence-corrected chi connectivity index (χ1v) is 6.57. The van der Waals surface area contributed by atoms with E-state index in [9.17, 15) is 14.7 Å². The molecule has 1 aromatic carbocycles. The van der Waals surface area contributed by atoms with Gasteiger partial charge in [0.1, 0.15) is 0 Å². The Balaban J connectivity index is 2.18. The monoisotopic (exact) mass is 275 g/mol. The molecule has 0 fully saturated rings. The summed E-state index contributed by atoms with van der Waals surface area (Å²) in [5.74, 6) is -1.03. The Hall–Kier alpha value is -2.37. The van der Waals surface area contributed by atoms with Gasteiger partial charge in [-0.3, -0.25) is 4.79 Å². The number of nitrogens with zero attached hydrogens (tertiary/aromatic N) is 2. The lowest BCUT2D eigenvalue weighted by atomic mass is 10.2. The number of para-hydroxylation sites is 1. The van der Waals surface area contributed by atoms with Crippen LogP contribution in [0.4, 0.5) is 0 Å². The normalized spacial score (nSPS) is 10.7. The number of aryl methyl sites for hydroxylation is 1. The SMILES string of the molecule is CCCNC(=O)CCn1cnc2cccc(C(=O)O)c21. The number of nitrogens with one attached hydrogen (secondary N) is 1. The second-order valence-electron chi connectivity index (χ2n) is 4.52. The zero-order valence-electron chi connectivity index (χ0n) is 11.3. The second-order valence-corrected chi connectivity index (χ2v) is 4.52. The lowest BCUT2D eigenvalue weighted by Crippen LogP contribution is -2.25. The lowest BCUT2D eigenvalue weighted by molar-refractivity contribution is -0.121. The van der Waals surface area contributed by atoms with E-state index < -0.39 is 5.97 Å². The van der Waals surface area contributed by atoms with Crippen LogP contribution in [-0.4, -0.2) is 33.1 Å². The van der Waals surface area contributed by atoms with E-state index in [4.69, 9.17) is 0 Å². The van der Waals surface area contributed by atoms with Crippen LogP contribution in [0.25, 0.3) is 11.0 Å². The number of fused-ring (bicyclic) bond motifs is 1. The summed E-state index contributed by atoms with van der Waals surface area (Å²) in [5, 5.41) is 12.0. The molecule has 0 bridgehead atoms. The van der Waals surface area contributed by atoms with Crippen molar-refractivity contribution in [1.82, 2.24) is 14.9 Å². The molecule has 1 heterocycles. The van der Waals surface area contributed by atoms with Gasteiger partial charge < -0.3 is 15.0 Å². The third kappa shape index (κ3) is 2.96. The molecule has 0 unspecified atom stereocenters. The summed E-state index contributed by atoms with van der Waals surface area (Å²) >= 11 is 0. The minimum absolute atomic E-state index is 0.0403. The molecule has 1 amide bonds. The van der Waals surface area contributed by atoms with Crippen molar-refractivity contribution in [2.45, 2.75) is 26.3 Å². The van der Waals surface area contributed by atoms with Gasteiger partial charge in [-0.25, -0.2) is 9.78 Å². The minimum atomic E-state index is -0.993. The highest BCUT2D eigenvalue weighted by Crippen LogP contribution is 2.18. The Morgan fingerprint density at radius 1 is 1.40 bits per heavy atom. The van der Waals surface area contributed by atoms with Crippen LogP contribution in [0.3, 0.4) is 0 Å². The zero-order chi connectivity index (χ0) is 14.5. The van der Waals surface area contributed by atoms with Gasteiger partial charge in [0.25, 0.3) is 0 Å². The van der Waals surface area contributed by atoms with Crippen LogP contribution in [-0.2, 0) is 11.3 Å². The van der Waals surface area contributed by atoms with Crippen LogP contribution >= 0.6 is 0 Å². The van der Waals surface area contributed by atoms with Crippen molar-refractivity contribution in [2.75, 3.05) is 6.54 Å². The number of benzene rings is 1. The number of hydrogen-bond donors (Lipinski definition) is 2. The summed E-state index contributed by atoms with van der Waals surface area (Å²) in [7, 11) is 0. The molecule has 0 spiro atoms. The Morgan fingerprint density at radius 3 is 2.90 bits per heavy atom. The van der Waals surface area contributed by atoms with Crippen molar-refractivity contribution in [1.29, 1.82) is 0 Å². The largest absolute Gasteiger partial charge is 0.478 e. The van der Waals surface area contributed by atoms with Crippen molar-refractivity contribution in [2.24, 2.45) is 0 Å².